The van der Waals surface area contributed by atoms with Crippen molar-refractivity contribution in [2.24, 2.45) is 0 Å². The molecule has 0 fully saturated rings. The Morgan fingerprint density at radius 3 is 2.77 bits per heavy atom. The Hall–Kier alpha value is -3.25. The molecule has 0 N–H and O–H groups in total. The summed E-state index contributed by atoms with van der Waals surface area (Å²) in [5.41, 5.74) is 4.20. The number of nitrogens with zero attached hydrogens (tertiary/aromatic N) is 3. The fraction of sp³-hybridized carbons (Fsp3) is 0.208. The number of hydrogen-bond acceptors (Lipinski definition) is 5. The smallest absolute Gasteiger partial charge is 0.262 e. The molecule has 0 radical (unpaired) electrons. The summed E-state index contributed by atoms with van der Waals surface area (Å²) in [6.45, 7) is 5.18. The van der Waals surface area contributed by atoms with Crippen LogP contribution in [-0.4, -0.2) is 14.5 Å². The summed E-state index contributed by atoms with van der Waals surface area (Å²) in [6, 6.07) is 13.8. The van der Waals surface area contributed by atoms with Crippen molar-refractivity contribution >= 4 is 33.2 Å². The molecule has 150 valence electrons. The third-order valence-electron chi connectivity index (χ3n) is 5.51. The van der Waals surface area contributed by atoms with Gasteiger partial charge in [0.25, 0.3) is 5.56 Å². The first kappa shape index (κ1) is 18.8. The molecule has 0 unspecified atom stereocenters. The second-order valence-corrected chi connectivity index (χ2v) is 8.66. The van der Waals surface area contributed by atoms with Gasteiger partial charge in [-0.25, -0.2) is 4.98 Å². The number of thiophene rings is 1. The number of fused-ring (bicyclic) bond motifs is 2. The van der Waals surface area contributed by atoms with Crippen LogP contribution >= 0.6 is 11.3 Å². The van der Waals surface area contributed by atoms with Gasteiger partial charge >= 0.3 is 0 Å². The highest BCUT2D eigenvalue weighted by Gasteiger charge is 2.23. The van der Waals surface area contributed by atoms with Crippen molar-refractivity contribution in [3.63, 3.8) is 0 Å². The highest BCUT2D eigenvalue weighted by molar-refractivity contribution is 7.18. The summed E-state index contributed by atoms with van der Waals surface area (Å²) in [6.07, 6.45) is 4.70. The summed E-state index contributed by atoms with van der Waals surface area (Å²) in [5.74, 6) is 1.60. The lowest BCUT2D eigenvalue weighted by Crippen LogP contribution is -2.20. The Bertz CT molecular complexity index is 1320. The lowest BCUT2D eigenvalue weighted by atomic mass is 10.1. The number of rotatable bonds is 4. The first-order valence-electron chi connectivity index (χ1n) is 9.94. The maximum atomic E-state index is 13.0. The van der Waals surface area contributed by atoms with Gasteiger partial charge in [0.2, 0.25) is 0 Å². The van der Waals surface area contributed by atoms with Gasteiger partial charge in [0.05, 0.1) is 11.1 Å². The van der Waals surface area contributed by atoms with Crippen LogP contribution < -0.4 is 10.3 Å². The topological polar surface area (TPSA) is 57.0 Å². The molecule has 1 aliphatic heterocycles. The Balaban J connectivity index is 1.40. The molecule has 3 aromatic heterocycles. The van der Waals surface area contributed by atoms with E-state index in [-0.39, 0.29) is 5.56 Å². The van der Waals surface area contributed by atoms with Crippen molar-refractivity contribution in [1.82, 2.24) is 14.5 Å². The molecular formula is C24H21N3O2S. The van der Waals surface area contributed by atoms with Crippen LogP contribution in [0, 0.1) is 13.8 Å². The van der Waals surface area contributed by atoms with Crippen molar-refractivity contribution in [3.8, 4) is 5.75 Å². The molecule has 1 aliphatic rings. The lowest BCUT2D eigenvalue weighted by molar-refractivity contribution is 0.301. The molecule has 0 aliphatic carbocycles. The van der Waals surface area contributed by atoms with Crippen molar-refractivity contribution in [2.75, 3.05) is 0 Å². The van der Waals surface area contributed by atoms with Crippen LogP contribution in [0.25, 0.3) is 21.9 Å². The predicted octanol–water partition coefficient (Wildman–Crippen LogP) is 4.99. The van der Waals surface area contributed by atoms with Gasteiger partial charge in [0.1, 0.15) is 23.0 Å². The van der Waals surface area contributed by atoms with Crippen LogP contribution in [0.3, 0.4) is 0 Å². The minimum atomic E-state index is 0.0820. The van der Waals surface area contributed by atoms with E-state index in [1.54, 1.807) is 17.5 Å². The van der Waals surface area contributed by atoms with Gasteiger partial charge in [0.15, 0.2) is 0 Å². The molecule has 5 nitrogen and oxygen atoms in total. The van der Waals surface area contributed by atoms with E-state index < -0.39 is 0 Å². The first-order valence-corrected chi connectivity index (χ1v) is 10.8. The van der Waals surface area contributed by atoms with E-state index in [4.69, 9.17) is 9.72 Å². The maximum absolute atomic E-state index is 13.0. The minimum Gasteiger partial charge on any atom is -0.487 e. The second-order valence-electron chi connectivity index (χ2n) is 7.45. The largest absolute Gasteiger partial charge is 0.487 e. The summed E-state index contributed by atoms with van der Waals surface area (Å²) < 4.78 is 7.63. The number of aryl methyl sites for hydroxylation is 2. The Morgan fingerprint density at radius 2 is 2.00 bits per heavy atom. The third kappa shape index (κ3) is 3.33. The molecule has 0 atom stereocenters. The van der Waals surface area contributed by atoms with Crippen LogP contribution in [0.1, 0.15) is 33.9 Å². The zero-order chi connectivity index (χ0) is 20.7. The molecule has 0 spiro atoms. The third-order valence-corrected chi connectivity index (χ3v) is 6.62. The predicted molar refractivity (Wildman–Crippen MR) is 121 cm³/mol. The van der Waals surface area contributed by atoms with Crippen LogP contribution in [0.2, 0.25) is 0 Å². The molecule has 5 rings (SSSR count). The van der Waals surface area contributed by atoms with E-state index >= 15 is 0 Å². The monoisotopic (exact) mass is 415 g/mol. The van der Waals surface area contributed by atoms with E-state index in [0.29, 0.717) is 13.2 Å². The van der Waals surface area contributed by atoms with Gasteiger partial charge in [-0.1, -0.05) is 18.2 Å². The molecule has 30 heavy (non-hydrogen) atoms. The van der Waals surface area contributed by atoms with Crippen LogP contribution in [0.15, 0.2) is 53.5 Å². The fourth-order valence-electron chi connectivity index (χ4n) is 3.76. The van der Waals surface area contributed by atoms with Crippen molar-refractivity contribution in [1.29, 1.82) is 0 Å². The molecule has 0 bridgehead atoms. The molecule has 1 aromatic carbocycles. The number of hydrogen-bond donors (Lipinski definition) is 0. The number of benzene rings is 1. The highest BCUT2D eigenvalue weighted by atomic mass is 32.1. The maximum Gasteiger partial charge on any atom is 0.262 e. The van der Waals surface area contributed by atoms with E-state index in [1.807, 2.05) is 60.9 Å². The Labute approximate surface area is 178 Å². The van der Waals surface area contributed by atoms with Crippen LogP contribution in [0.5, 0.6) is 5.75 Å². The first-order chi connectivity index (χ1) is 14.6. The van der Waals surface area contributed by atoms with Crippen LogP contribution in [0.4, 0.5) is 0 Å². The van der Waals surface area contributed by atoms with Crippen molar-refractivity contribution < 1.29 is 4.74 Å². The molecule has 0 saturated carbocycles. The van der Waals surface area contributed by atoms with E-state index in [1.165, 1.54) is 0 Å². The van der Waals surface area contributed by atoms with Crippen LogP contribution in [-0.2, 0) is 13.2 Å². The number of pyridine rings is 1. The van der Waals surface area contributed by atoms with Gasteiger partial charge in [0, 0.05) is 17.6 Å². The standard InChI is InChI=1S/C24H21N3O2S/c1-15-16(2)30-23-21(15)24(28)27-12-10-18(22(27)26-23)13-17-6-8-20(9-7-17)29-14-19-5-3-4-11-25-19/h3-9,11,13H,10,12,14H2,1-2H3/b18-13+. The normalized spacial score (nSPS) is 14.4. The summed E-state index contributed by atoms with van der Waals surface area (Å²) in [5, 5.41) is 0.775. The average Bonchev–Trinajstić information content (AvgIpc) is 3.29. The molecular weight excluding hydrogens is 394 g/mol. The zero-order valence-corrected chi connectivity index (χ0v) is 17.7. The molecule has 0 amide bonds. The van der Waals surface area contributed by atoms with E-state index in [2.05, 4.69) is 11.1 Å². The van der Waals surface area contributed by atoms with Gasteiger partial charge in [-0.2, -0.15) is 0 Å². The zero-order valence-electron chi connectivity index (χ0n) is 16.9. The molecule has 6 heteroatoms. The van der Waals surface area contributed by atoms with E-state index in [0.717, 1.165) is 55.5 Å². The SMILES string of the molecule is Cc1sc2nc3n(c(=O)c2c1C)CC/C3=C\c1ccc(OCc2ccccn2)cc1. The van der Waals surface area contributed by atoms with Gasteiger partial charge in [-0.05, 0) is 67.3 Å². The van der Waals surface area contributed by atoms with E-state index in [9.17, 15) is 4.79 Å². The van der Waals surface area contributed by atoms with Gasteiger partial charge < -0.3 is 4.74 Å². The van der Waals surface area contributed by atoms with Crippen molar-refractivity contribution in [3.05, 3.63) is 86.5 Å². The molecule has 0 saturated heterocycles. The van der Waals surface area contributed by atoms with Gasteiger partial charge in [-0.15, -0.1) is 11.3 Å². The molecule has 4 aromatic rings. The van der Waals surface area contributed by atoms with Gasteiger partial charge in [-0.3, -0.25) is 14.3 Å². The Kier molecular flexibility index (Phi) is 4.71. The summed E-state index contributed by atoms with van der Waals surface area (Å²) in [4.78, 5) is 24.1. The van der Waals surface area contributed by atoms with Crippen molar-refractivity contribution in [2.45, 2.75) is 33.4 Å². The Morgan fingerprint density at radius 1 is 1.17 bits per heavy atom. The molecule has 4 heterocycles. The average molecular weight is 416 g/mol. The quantitative estimate of drug-likeness (QED) is 0.471. The number of ether oxygens (including phenoxy) is 1. The summed E-state index contributed by atoms with van der Waals surface area (Å²) in [7, 11) is 0. The number of aromatic nitrogens is 3. The number of allylic oxidation sites excluding steroid dienone is 1. The summed E-state index contributed by atoms with van der Waals surface area (Å²) >= 11 is 1.60. The fourth-order valence-corrected chi connectivity index (χ4v) is 4.78. The minimum absolute atomic E-state index is 0.0820. The highest BCUT2D eigenvalue weighted by Crippen LogP contribution is 2.32. The lowest BCUT2D eigenvalue weighted by Gasteiger charge is -2.06. The second kappa shape index (κ2) is 7.54.